The highest BCUT2D eigenvalue weighted by atomic mass is 16.1. The summed E-state index contributed by atoms with van der Waals surface area (Å²) in [5, 5.41) is 7.44. The molecule has 0 amide bonds. The van der Waals surface area contributed by atoms with Gasteiger partial charge < -0.3 is 0 Å². The molecule has 0 bridgehead atoms. The minimum atomic E-state index is 0.0522. The Morgan fingerprint density at radius 1 is 1.28 bits per heavy atom. The molecule has 3 aromatic rings. The van der Waals surface area contributed by atoms with E-state index in [-0.39, 0.29) is 5.56 Å². The zero-order valence-electron chi connectivity index (χ0n) is 14.6. The Morgan fingerprint density at radius 3 is 2.80 bits per heavy atom. The summed E-state index contributed by atoms with van der Waals surface area (Å²) in [7, 11) is 3.99. The van der Waals surface area contributed by atoms with Gasteiger partial charge in [0.15, 0.2) is 5.82 Å². The first-order chi connectivity index (χ1) is 12.1. The number of likely N-dealkylation sites (N-methyl/N-ethyl adjacent to an activating group) is 1. The predicted octanol–water partition coefficient (Wildman–Crippen LogP) is 1.89. The first kappa shape index (κ1) is 15.9. The van der Waals surface area contributed by atoms with E-state index in [0.717, 1.165) is 42.9 Å². The number of nitrogens with zero attached hydrogens (tertiary/aromatic N) is 4. The molecule has 1 N–H and O–H groups in total. The van der Waals surface area contributed by atoms with Crippen molar-refractivity contribution in [3.63, 3.8) is 0 Å². The third kappa shape index (κ3) is 2.93. The van der Waals surface area contributed by atoms with Crippen molar-refractivity contribution in [3.8, 4) is 5.82 Å². The van der Waals surface area contributed by atoms with Crippen LogP contribution in [0.5, 0.6) is 0 Å². The van der Waals surface area contributed by atoms with Crippen LogP contribution >= 0.6 is 0 Å². The molecule has 1 aliphatic carbocycles. The average Bonchev–Trinajstić information content (AvgIpc) is 3.19. The van der Waals surface area contributed by atoms with E-state index >= 15 is 0 Å². The molecule has 0 saturated heterocycles. The molecule has 2 heterocycles. The third-order valence-electron chi connectivity index (χ3n) is 5.16. The van der Waals surface area contributed by atoms with Crippen LogP contribution in [-0.4, -0.2) is 37.6 Å². The van der Waals surface area contributed by atoms with Gasteiger partial charge in [0.25, 0.3) is 5.56 Å². The van der Waals surface area contributed by atoms with Crippen LogP contribution in [0, 0.1) is 0 Å². The second-order valence-electron chi connectivity index (χ2n) is 6.82. The van der Waals surface area contributed by atoms with Gasteiger partial charge in [-0.1, -0.05) is 30.3 Å². The molecule has 1 unspecified atom stereocenters. The van der Waals surface area contributed by atoms with E-state index in [1.165, 1.54) is 5.56 Å². The van der Waals surface area contributed by atoms with Crippen LogP contribution in [0.1, 0.15) is 23.2 Å². The number of aromatic amines is 1. The number of rotatable bonds is 4. The van der Waals surface area contributed by atoms with E-state index in [9.17, 15) is 4.79 Å². The van der Waals surface area contributed by atoms with Crippen molar-refractivity contribution in [1.82, 2.24) is 24.5 Å². The maximum Gasteiger partial charge on any atom is 0.276 e. The van der Waals surface area contributed by atoms with Crippen LogP contribution in [0.15, 0.2) is 47.4 Å². The fourth-order valence-electron chi connectivity index (χ4n) is 3.71. The van der Waals surface area contributed by atoms with Crippen LogP contribution in [0.2, 0.25) is 0 Å². The zero-order valence-corrected chi connectivity index (χ0v) is 14.6. The van der Waals surface area contributed by atoms with Crippen LogP contribution < -0.4 is 5.56 Å². The lowest BCUT2D eigenvalue weighted by Gasteiger charge is -2.30. The molecule has 1 aliphatic rings. The van der Waals surface area contributed by atoms with Gasteiger partial charge in [0.1, 0.15) is 0 Å². The molecular weight excluding hydrogens is 314 g/mol. The van der Waals surface area contributed by atoms with Gasteiger partial charge in [0.2, 0.25) is 0 Å². The molecule has 130 valence electrons. The Balaban J connectivity index is 1.56. The largest absolute Gasteiger partial charge is 0.299 e. The Bertz CT molecular complexity index is 921. The maximum absolute atomic E-state index is 12.9. The quantitative estimate of drug-likeness (QED) is 0.791. The highest BCUT2D eigenvalue weighted by Gasteiger charge is 2.27. The smallest absolute Gasteiger partial charge is 0.276 e. The minimum Gasteiger partial charge on any atom is -0.299 e. The molecule has 6 nitrogen and oxygen atoms in total. The van der Waals surface area contributed by atoms with E-state index in [0.29, 0.717) is 6.04 Å². The molecule has 0 aliphatic heterocycles. The summed E-state index contributed by atoms with van der Waals surface area (Å²) in [6, 6.07) is 12.7. The molecule has 1 atom stereocenters. The second kappa shape index (κ2) is 6.37. The van der Waals surface area contributed by atoms with E-state index in [1.807, 2.05) is 19.2 Å². The summed E-state index contributed by atoms with van der Waals surface area (Å²) in [6.45, 7) is 0.904. The van der Waals surface area contributed by atoms with Crippen molar-refractivity contribution in [2.24, 2.45) is 7.05 Å². The van der Waals surface area contributed by atoms with Crippen molar-refractivity contribution < 1.29 is 0 Å². The van der Waals surface area contributed by atoms with Crippen LogP contribution in [-0.2, 0) is 26.4 Å². The van der Waals surface area contributed by atoms with Gasteiger partial charge in [-0.2, -0.15) is 5.10 Å². The number of fused-ring (bicyclic) bond motifs is 1. The van der Waals surface area contributed by atoms with Gasteiger partial charge in [-0.3, -0.25) is 19.5 Å². The molecular formula is C19H23N5O. The fourth-order valence-corrected chi connectivity index (χ4v) is 3.71. The van der Waals surface area contributed by atoms with Gasteiger partial charge >= 0.3 is 0 Å². The van der Waals surface area contributed by atoms with E-state index in [1.54, 1.807) is 15.6 Å². The lowest BCUT2D eigenvalue weighted by molar-refractivity contribution is 0.213. The third-order valence-corrected chi connectivity index (χ3v) is 5.16. The standard InChI is InChI=1S/C19H23N5O/c1-22(13-14-6-4-3-5-7-14)15-8-9-17-16(12-15)19(25)24(21-17)18-10-11-20-23(18)2/h3-7,10-11,15,21H,8-9,12-13H2,1-2H3. The summed E-state index contributed by atoms with van der Waals surface area (Å²) in [4.78, 5) is 15.2. The molecule has 2 aromatic heterocycles. The Labute approximate surface area is 146 Å². The molecule has 4 rings (SSSR count). The number of hydrogen-bond acceptors (Lipinski definition) is 3. The van der Waals surface area contributed by atoms with Gasteiger partial charge in [-0.15, -0.1) is 0 Å². The fraction of sp³-hybridized carbons (Fsp3) is 0.368. The van der Waals surface area contributed by atoms with Crippen LogP contribution in [0.3, 0.4) is 0 Å². The number of benzene rings is 1. The first-order valence-corrected chi connectivity index (χ1v) is 8.69. The monoisotopic (exact) mass is 337 g/mol. The SMILES string of the molecule is CN(Cc1ccccc1)C1CCc2[nH]n(-c3ccnn3C)c(=O)c2C1. The molecule has 0 fully saturated rings. The number of hydrogen-bond donors (Lipinski definition) is 1. The van der Waals surface area contributed by atoms with Crippen molar-refractivity contribution >= 4 is 0 Å². The summed E-state index contributed by atoms with van der Waals surface area (Å²) in [5.41, 5.74) is 3.33. The normalized spacial score (nSPS) is 17.0. The summed E-state index contributed by atoms with van der Waals surface area (Å²) < 4.78 is 3.33. The lowest BCUT2D eigenvalue weighted by Crippen LogP contribution is -2.37. The number of nitrogens with one attached hydrogen (secondary N) is 1. The van der Waals surface area contributed by atoms with E-state index in [4.69, 9.17) is 0 Å². The van der Waals surface area contributed by atoms with Gasteiger partial charge in [0, 0.05) is 37.0 Å². The molecule has 1 aromatic carbocycles. The van der Waals surface area contributed by atoms with E-state index < -0.39 is 0 Å². The Morgan fingerprint density at radius 2 is 2.08 bits per heavy atom. The van der Waals surface area contributed by atoms with Crippen molar-refractivity contribution in [1.29, 1.82) is 0 Å². The van der Waals surface area contributed by atoms with Crippen LogP contribution in [0.25, 0.3) is 5.82 Å². The highest BCUT2D eigenvalue weighted by molar-refractivity contribution is 5.29. The molecule has 0 spiro atoms. The molecule has 25 heavy (non-hydrogen) atoms. The van der Waals surface area contributed by atoms with Gasteiger partial charge in [0.05, 0.1) is 6.20 Å². The highest BCUT2D eigenvalue weighted by Crippen LogP contribution is 2.22. The summed E-state index contributed by atoms with van der Waals surface area (Å²) in [5.74, 6) is 0.772. The van der Waals surface area contributed by atoms with Crippen molar-refractivity contribution in [2.75, 3.05) is 7.05 Å². The Kier molecular flexibility index (Phi) is 4.05. The zero-order chi connectivity index (χ0) is 17.4. The minimum absolute atomic E-state index is 0.0522. The maximum atomic E-state index is 12.9. The second-order valence-corrected chi connectivity index (χ2v) is 6.82. The van der Waals surface area contributed by atoms with E-state index in [2.05, 4.69) is 46.4 Å². The topological polar surface area (TPSA) is 58.9 Å². The average molecular weight is 337 g/mol. The number of aryl methyl sites for hydroxylation is 2. The van der Waals surface area contributed by atoms with Crippen LogP contribution in [0.4, 0.5) is 0 Å². The summed E-state index contributed by atoms with van der Waals surface area (Å²) in [6.07, 6.45) is 4.46. The lowest BCUT2D eigenvalue weighted by atomic mass is 9.92. The van der Waals surface area contributed by atoms with Gasteiger partial charge in [-0.05, 0) is 31.9 Å². The predicted molar refractivity (Wildman–Crippen MR) is 96.9 cm³/mol. The summed E-state index contributed by atoms with van der Waals surface area (Å²) >= 11 is 0. The molecule has 0 saturated carbocycles. The van der Waals surface area contributed by atoms with Crippen molar-refractivity contribution in [3.05, 3.63) is 69.8 Å². The number of H-pyrrole nitrogens is 1. The Hall–Kier alpha value is -2.60. The molecule has 0 radical (unpaired) electrons. The molecule has 6 heteroatoms. The van der Waals surface area contributed by atoms with Gasteiger partial charge in [-0.25, -0.2) is 4.68 Å². The first-order valence-electron chi connectivity index (χ1n) is 8.69. The van der Waals surface area contributed by atoms with Crippen molar-refractivity contribution in [2.45, 2.75) is 31.8 Å². The number of aromatic nitrogens is 4.